The van der Waals surface area contributed by atoms with E-state index in [4.69, 9.17) is 9.84 Å². The quantitative estimate of drug-likeness (QED) is 0.711. The number of urea groups is 1. The highest BCUT2D eigenvalue weighted by Gasteiger charge is 2.08. The molecular weight excluding hydrogens is 196 g/mol. The second-order valence-corrected chi connectivity index (χ2v) is 3.51. The van der Waals surface area contributed by atoms with E-state index in [0.717, 1.165) is 26.1 Å². The van der Waals surface area contributed by atoms with Crippen LogP contribution in [0.5, 0.6) is 0 Å². The average Bonchev–Trinajstić information content (AvgIpc) is 2.27. The number of carbonyl (C=O) groups is 1. The fourth-order valence-corrected chi connectivity index (χ4v) is 1.30. The van der Waals surface area contributed by atoms with Crippen molar-refractivity contribution in [3.05, 3.63) is 11.8 Å². The van der Waals surface area contributed by atoms with Crippen molar-refractivity contribution in [2.75, 3.05) is 33.4 Å². The van der Waals surface area contributed by atoms with Crippen molar-refractivity contribution < 1.29 is 14.6 Å². The minimum absolute atomic E-state index is 0.0195. The van der Waals surface area contributed by atoms with Gasteiger partial charge in [-0.2, -0.15) is 0 Å². The molecule has 1 heterocycles. The molecule has 0 bridgehead atoms. The van der Waals surface area contributed by atoms with Crippen molar-refractivity contribution in [2.45, 2.75) is 12.8 Å². The van der Waals surface area contributed by atoms with Crippen LogP contribution >= 0.6 is 0 Å². The molecule has 1 aliphatic rings. The second kappa shape index (κ2) is 6.42. The van der Waals surface area contributed by atoms with Gasteiger partial charge in [0, 0.05) is 19.8 Å². The number of nitrogens with one attached hydrogen (secondary N) is 1. The monoisotopic (exact) mass is 214 g/mol. The van der Waals surface area contributed by atoms with E-state index in [0.29, 0.717) is 6.54 Å². The average molecular weight is 214 g/mol. The second-order valence-electron chi connectivity index (χ2n) is 3.51. The van der Waals surface area contributed by atoms with E-state index in [9.17, 15) is 4.79 Å². The Morgan fingerprint density at radius 2 is 2.27 bits per heavy atom. The SMILES string of the molecule is CN(CCO)C(=O)NC=C1CCOCC1. The van der Waals surface area contributed by atoms with Gasteiger partial charge in [-0.05, 0) is 18.4 Å². The highest BCUT2D eigenvalue weighted by molar-refractivity contribution is 5.74. The molecule has 1 saturated heterocycles. The predicted molar refractivity (Wildman–Crippen MR) is 56.4 cm³/mol. The number of aliphatic hydroxyl groups excluding tert-OH is 1. The van der Waals surface area contributed by atoms with Gasteiger partial charge in [-0.3, -0.25) is 0 Å². The van der Waals surface area contributed by atoms with E-state index in [2.05, 4.69) is 5.32 Å². The lowest BCUT2D eigenvalue weighted by Crippen LogP contribution is -2.36. The van der Waals surface area contributed by atoms with E-state index in [1.54, 1.807) is 13.2 Å². The summed E-state index contributed by atoms with van der Waals surface area (Å²) in [7, 11) is 1.65. The van der Waals surface area contributed by atoms with Crippen LogP contribution in [0.15, 0.2) is 11.8 Å². The number of carbonyl (C=O) groups excluding carboxylic acids is 1. The summed E-state index contributed by atoms with van der Waals surface area (Å²) in [6.07, 6.45) is 3.51. The Morgan fingerprint density at radius 1 is 1.60 bits per heavy atom. The summed E-state index contributed by atoms with van der Waals surface area (Å²) in [5, 5.41) is 11.3. The van der Waals surface area contributed by atoms with Crippen LogP contribution in [-0.4, -0.2) is 49.5 Å². The van der Waals surface area contributed by atoms with E-state index >= 15 is 0 Å². The predicted octanol–water partition coefficient (Wildman–Crippen LogP) is 0.314. The Morgan fingerprint density at radius 3 is 2.87 bits per heavy atom. The molecule has 0 aliphatic carbocycles. The number of hydrogen-bond acceptors (Lipinski definition) is 3. The first-order chi connectivity index (χ1) is 7.24. The van der Waals surface area contributed by atoms with E-state index in [1.807, 2.05) is 0 Å². The molecule has 1 aliphatic heterocycles. The molecule has 15 heavy (non-hydrogen) atoms. The maximum absolute atomic E-state index is 11.4. The third kappa shape index (κ3) is 4.31. The molecule has 0 aromatic rings. The van der Waals surface area contributed by atoms with Crippen molar-refractivity contribution in [3.63, 3.8) is 0 Å². The smallest absolute Gasteiger partial charge is 0.321 e. The van der Waals surface area contributed by atoms with E-state index < -0.39 is 0 Å². The minimum atomic E-state index is -0.192. The van der Waals surface area contributed by atoms with E-state index in [1.165, 1.54) is 10.5 Å². The third-order valence-corrected chi connectivity index (χ3v) is 2.32. The van der Waals surface area contributed by atoms with Gasteiger partial charge >= 0.3 is 6.03 Å². The first kappa shape index (κ1) is 12.0. The lowest BCUT2D eigenvalue weighted by Gasteiger charge is -2.17. The molecule has 0 saturated carbocycles. The lowest BCUT2D eigenvalue weighted by atomic mass is 10.1. The van der Waals surface area contributed by atoms with E-state index in [-0.39, 0.29) is 12.6 Å². The number of likely N-dealkylation sites (N-methyl/N-ethyl adjacent to an activating group) is 1. The summed E-state index contributed by atoms with van der Waals surface area (Å²) < 4.78 is 5.20. The summed E-state index contributed by atoms with van der Waals surface area (Å²) in [5.74, 6) is 0. The van der Waals surface area contributed by atoms with Gasteiger partial charge in [0.25, 0.3) is 0 Å². The standard InChI is InChI=1S/C10H18N2O3/c1-12(4-5-13)10(14)11-8-9-2-6-15-7-3-9/h8,13H,2-7H2,1H3,(H,11,14). The summed E-state index contributed by atoms with van der Waals surface area (Å²) in [5.41, 5.74) is 1.20. The molecule has 5 heteroatoms. The Labute approximate surface area is 89.7 Å². The fraction of sp³-hybridized carbons (Fsp3) is 0.700. The largest absolute Gasteiger partial charge is 0.395 e. The number of ether oxygens (including phenoxy) is 1. The van der Waals surface area contributed by atoms with Crippen LogP contribution in [0.1, 0.15) is 12.8 Å². The molecule has 0 spiro atoms. The first-order valence-electron chi connectivity index (χ1n) is 5.12. The van der Waals surface area contributed by atoms with Crippen LogP contribution in [0.25, 0.3) is 0 Å². The van der Waals surface area contributed by atoms with Crippen LogP contribution in [0.4, 0.5) is 4.79 Å². The molecular formula is C10H18N2O3. The molecule has 0 aromatic carbocycles. The van der Waals surface area contributed by atoms with Crippen molar-refractivity contribution in [3.8, 4) is 0 Å². The highest BCUT2D eigenvalue weighted by atomic mass is 16.5. The summed E-state index contributed by atoms with van der Waals surface area (Å²) >= 11 is 0. The highest BCUT2D eigenvalue weighted by Crippen LogP contribution is 2.11. The van der Waals surface area contributed by atoms with Crippen LogP contribution in [0.3, 0.4) is 0 Å². The van der Waals surface area contributed by atoms with Gasteiger partial charge in [0.15, 0.2) is 0 Å². The fourth-order valence-electron chi connectivity index (χ4n) is 1.30. The van der Waals surface area contributed by atoms with Gasteiger partial charge in [-0.25, -0.2) is 4.79 Å². The molecule has 1 fully saturated rings. The maximum Gasteiger partial charge on any atom is 0.321 e. The van der Waals surface area contributed by atoms with Gasteiger partial charge in [0.05, 0.1) is 19.8 Å². The van der Waals surface area contributed by atoms with Gasteiger partial charge in [-0.1, -0.05) is 0 Å². The number of hydrogen-bond donors (Lipinski definition) is 2. The first-order valence-corrected chi connectivity index (χ1v) is 5.12. The zero-order valence-corrected chi connectivity index (χ0v) is 9.03. The Kier molecular flexibility index (Phi) is 5.14. The molecule has 1 rings (SSSR count). The topological polar surface area (TPSA) is 61.8 Å². The molecule has 2 amide bonds. The zero-order valence-electron chi connectivity index (χ0n) is 9.03. The van der Waals surface area contributed by atoms with Gasteiger partial charge in [0.2, 0.25) is 0 Å². The van der Waals surface area contributed by atoms with Crippen LogP contribution in [-0.2, 0) is 4.74 Å². The zero-order chi connectivity index (χ0) is 11.1. The molecule has 0 radical (unpaired) electrons. The summed E-state index contributed by atoms with van der Waals surface area (Å²) in [4.78, 5) is 12.8. The Balaban J connectivity index is 2.31. The van der Waals surface area contributed by atoms with Gasteiger partial charge in [-0.15, -0.1) is 0 Å². The summed E-state index contributed by atoms with van der Waals surface area (Å²) in [6.45, 7) is 1.79. The van der Waals surface area contributed by atoms with Crippen LogP contribution in [0.2, 0.25) is 0 Å². The van der Waals surface area contributed by atoms with Gasteiger partial charge in [0.1, 0.15) is 0 Å². The number of rotatable bonds is 3. The Bertz CT molecular complexity index is 233. The van der Waals surface area contributed by atoms with Gasteiger partial charge < -0.3 is 20.1 Å². The lowest BCUT2D eigenvalue weighted by molar-refractivity contribution is 0.119. The molecule has 0 unspecified atom stereocenters. The normalized spacial score (nSPS) is 16.0. The van der Waals surface area contributed by atoms with Crippen molar-refractivity contribution >= 4 is 6.03 Å². The summed E-state index contributed by atoms with van der Waals surface area (Å²) in [6, 6.07) is -0.192. The van der Waals surface area contributed by atoms with Crippen molar-refractivity contribution in [1.82, 2.24) is 10.2 Å². The van der Waals surface area contributed by atoms with Crippen LogP contribution < -0.4 is 5.32 Å². The molecule has 2 N–H and O–H groups in total. The number of amides is 2. The minimum Gasteiger partial charge on any atom is -0.395 e. The maximum atomic E-state index is 11.4. The molecule has 0 atom stereocenters. The number of aliphatic hydroxyl groups is 1. The van der Waals surface area contributed by atoms with Crippen molar-refractivity contribution in [2.24, 2.45) is 0 Å². The molecule has 5 nitrogen and oxygen atoms in total. The van der Waals surface area contributed by atoms with Crippen molar-refractivity contribution in [1.29, 1.82) is 0 Å². The third-order valence-electron chi connectivity index (χ3n) is 2.32. The number of nitrogens with zero attached hydrogens (tertiary/aromatic N) is 1. The molecule has 86 valence electrons. The molecule has 0 aromatic heterocycles. The Hall–Kier alpha value is -1.07. The van der Waals surface area contributed by atoms with Crippen LogP contribution in [0, 0.1) is 0 Å².